The Kier molecular flexibility index (Phi) is 2.27. The highest BCUT2D eigenvalue weighted by atomic mass is 127. The molecule has 1 aromatic heterocycles. The summed E-state index contributed by atoms with van der Waals surface area (Å²) in [7, 11) is 0. The standard InChI is InChI=1S/C8H3ClFIS/c9-5-3-4-1-2-12-8(4)7(11)6(5)10/h1-3H. The average Bonchev–Trinajstić information content (AvgIpc) is 2.48. The lowest BCUT2D eigenvalue weighted by atomic mass is 10.2. The molecule has 0 atom stereocenters. The largest absolute Gasteiger partial charge is 0.204 e. The molecule has 2 rings (SSSR count). The molecule has 0 spiro atoms. The second kappa shape index (κ2) is 3.12. The predicted molar refractivity (Wildman–Crippen MR) is 59.5 cm³/mol. The summed E-state index contributed by atoms with van der Waals surface area (Å²) in [4.78, 5) is 0. The fourth-order valence-corrected chi connectivity index (χ4v) is 3.18. The quantitative estimate of drug-likeness (QED) is 0.502. The van der Waals surface area contributed by atoms with Gasteiger partial charge in [0.25, 0.3) is 0 Å². The van der Waals surface area contributed by atoms with Crippen molar-refractivity contribution in [2.45, 2.75) is 0 Å². The van der Waals surface area contributed by atoms with Crippen LogP contribution < -0.4 is 0 Å². The van der Waals surface area contributed by atoms with Crippen molar-refractivity contribution in [1.82, 2.24) is 0 Å². The highest BCUT2D eigenvalue weighted by molar-refractivity contribution is 14.1. The van der Waals surface area contributed by atoms with E-state index in [0.29, 0.717) is 3.57 Å². The Labute approximate surface area is 91.5 Å². The third kappa shape index (κ3) is 1.24. The number of hydrogen-bond donors (Lipinski definition) is 0. The second-order valence-corrected chi connectivity index (χ2v) is 4.73. The van der Waals surface area contributed by atoms with Crippen LogP contribution in [0.4, 0.5) is 4.39 Å². The first-order valence-electron chi connectivity index (χ1n) is 3.21. The smallest absolute Gasteiger partial charge is 0.156 e. The second-order valence-electron chi connectivity index (χ2n) is 2.33. The Bertz CT molecular complexity index is 438. The monoisotopic (exact) mass is 312 g/mol. The van der Waals surface area contributed by atoms with Gasteiger partial charge in [-0.2, -0.15) is 0 Å². The molecule has 0 aliphatic heterocycles. The van der Waals surface area contributed by atoms with E-state index < -0.39 is 0 Å². The molecular formula is C8H3ClFIS. The topological polar surface area (TPSA) is 0 Å². The van der Waals surface area contributed by atoms with E-state index in [-0.39, 0.29) is 10.8 Å². The molecule has 1 heterocycles. The molecule has 0 unspecified atom stereocenters. The van der Waals surface area contributed by atoms with E-state index in [2.05, 4.69) is 0 Å². The maximum absolute atomic E-state index is 13.2. The van der Waals surface area contributed by atoms with Crippen molar-refractivity contribution in [3.8, 4) is 0 Å². The third-order valence-corrected chi connectivity index (χ3v) is 4.18. The zero-order chi connectivity index (χ0) is 8.72. The molecule has 0 saturated carbocycles. The van der Waals surface area contributed by atoms with Crippen LogP contribution in [-0.2, 0) is 0 Å². The normalized spacial score (nSPS) is 10.9. The highest BCUT2D eigenvalue weighted by Crippen LogP contribution is 2.32. The Hall–Kier alpha value is 0.130. The van der Waals surface area contributed by atoms with E-state index in [0.717, 1.165) is 10.1 Å². The average molecular weight is 313 g/mol. The van der Waals surface area contributed by atoms with E-state index in [9.17, 15) is 4.39 Å². The maximum Gasteiger partial charge on any atom is 0.156 e. The van der Waals surface area contributed by atoms with Crippen LogP contribution >= 0.6 is 45.5 Å². The zero-order valence-electron chi connectivity index (χ0n) is 5.77. The minimum atomic E-state index is -0.313. The molecule has 0 aliphatic rings. The van der Waals surface area contributed by atoms with Crippen molar-refractivity contribution in [1.29, 1.82) is 0 Å². The van der Waals surface area contributed by atoms with Crippen LogP contribution in [0.3, 0.4) is 0 Å². The lowest BCUT2D eigenvalue weighted by Gasteiger charge is -1.98. The molecular weight excluding hydrogens is 310 g/mol. The van der Waals surface area contributed by atoms with Gasteiger partial charge in [0.15, 0.2) is 5.82 Å². The summed E-state index contributed by atoms with van der Waals surface area (Å²) in [5.41, 5.74) is 0. The van der Waals surface area contributed by atoms with E-state index in [1.807, 2.05) is 34.0 Å². The summed E-state index contributed by atoms with van der Waals surface area (Å²) < 4.78 is 14.8. The molecule has 2 aromatic rings. The fourth-order valence-electron chi connectivity index (χ4n) is 1.02. The van der Waals surface area contributed by atoms with Crippen molar-refractivity contribution in [3.63, 3.8) is 0 Å². The van der Waals surface area contributed by atoms with E-state index in [4.69, 9.17) is 11.6 Å². The zero-order valence-corrected chi connectivity index (χ0v) is 9.50. The predicted octanol–water partition coefficient (Wildman–Crippen LogP) is 4.30. The summed E-state index contributed by atoms with van der Waals surface area (Å²) in [6.45, 7) is 0. The maximum atomic E-state index is 13.2. The minimum Gasteiger partial charge on any atom is -0.204 e. The van der Waals surface area contributed by atoms with Gasteiger partial charge >= 0.3 is 0 Å². The molecule has 0 radical (unpaired) electrons. The summed E-state index contributed by atoms with van der Waals surface area (Å²) >= 11 is 9.18. The van der Waals surface area contributed by atoms with Gasteiger partial charge in [0.2, 0.25) is 0 Å². The van der Waals surface area contributed by atoms with Crippen LogP contribution in [0.25, 0.3) is 10.1 Å². The lowest BCUT2D eigenvalue weighted by Crippen LogP contribution is -1.82. The van der Waals surface area contributed by atoms with Crippen molar-refractivity contribution in [2.75, 3.05) is 0 Å². The third-order valence-electron chi connectivity index (χ3n) is 1.58. The van der Waals surface area contributed by atoms with Crippen LogP contribution in [0.2, 0.25) is 5.02 Å². The van der Waals surface area contributed by atoms with Gasteiger partial charge in [-0.25, -0.2) is 4.39 Å². The van der Waals surface area contributed by atoms with E-state index in [1.54, 1.807) is 6.07 Å². The first kappa shape index (κ1) is 8.72. The molecule has 0 aliphatic carbocycles. The molecule has 62 valence electrons. The molecule has 12 heavy (non-hydrogen) atoms. The van der Waals surface area contributed by atoms with Gasteiger partial charge in [-0.1, -0.05) is 11.6 Å². The van der Waals surface area contributed by atoms with Crippen molar-refractivity contribution in [3.05, 3.63) is 31.9 Å². The Balaban J connectivity index is 2.94. The van der Waals surface area contributed by atoms with Gasteiger partial charge in [-0.15, -0.1) is 11.3 Å². The summed E-state index contributed by atoms with van der Waals surface area (Å²) in [5.74, 6) is -0.313. The van der Waals surface area contributed by atoms with Gasteiger partial charge < -0.3 is 0 Å². The molecule has 1 aromatic carbocycles. The van der Waals surface area contributed by atoms with Crippen LogP contribution in [0.5, 0.6) is 0 Å². The molecule has 0 N–H and O–H groups in total. The van der Waals surface area contributed by atoms with Gasteiger partial charge in [0, 0.05) is 0 Å². The van der Waals surface area contributed by atoms with Crippen molar-refractivity contribution in [2.24, 2.45) is 0 Å². The Morgan fingerprint density at radius 2 is 2.25 bits per heavy atom. The van der Waals surface area contributed by atoms with Gasteiger partial charge in [0.1, 0.15) is 0 Å². The molecule has 0 bridgehead atoms. The number of thiophene rings is 1. The summed E-state index contributed by atoms with van der Waals surface area (Å²) in [6, 6.07) is 3.60. The number of benzene rings is 1. The van der Waals surface area contributed by atoms with Crippen LogP contribution in [0.15, 0.2) is 17.5 Å². The summed E-state index contributed by atoms with van der Waals surface area (Å²) in [5, 5.41) is 3.14. The van der Waals surface area contributed by atoms with Crippen molar-refractivity contribution >= 4 is 55.6 Å². The van der Waals surface area contributed by atoms with E-state index in [1.165, 1.54) is 11.3 Å². The van der Waals surface area contributed by atoms with Crippen LogP contribution in [0.1, 0.15) is 0 Å². The number of halogens is 3. The molecule has 4 heteroatoms. The highest BCUT2D eigenvalue weighted by Gasteiger charge is 2.09. The van der Waals surface area contributed by atoms with Gasteiger partial charge in [-0.3, -0.25) is 0 Å². The molecule has 0 amide bonds. The van der Waals surface area contributed by atoms with Crippen molar-refractivity contribution < 1.29 is 4.39 Å². The van der Waals surface area contributed by atoms with Crippen LogP contribution in [0, 0.1) is 9.39 Å². The van der Waals surface area contributed by atoms with Gasteiger partial charge in [-0.05, 0) is 45.5 Å². The fraction of sp³-hybridized carbons (Fsp3) is 0. The first-order valence-corrected chi connectivity index (χ1v) is 5.54. The molecule has 0 fully saturated rings. The number of fused-ring (bicyclic) bond motifs is 1. The Morgan fingerprint density at radius 3 is 3.00 bits per heavy atom. The van der Waals surface area contributed by atoms with Gasteiger partial charge in [0.05, 0.1) is 13.3 Å². The number of rotatable bonds is 0. The lowest BCUT2D eigenvalue weighted by molar-refractivity contribution is 0.623. The summed E-state index contributed by atoms with van der Waals surface area (Å²) in [6.07, 6.45) is 0. The van der Waals surface area contributed by atoms with Crippen LogP contribution in [-0.4, -0.2) is 0 Å². The Morgan fingerprint density at radius 1 is 1.50 bits per heavy atom. The number of hydrogen-bond acceptors (Lipinski definition) is 1. The molecule has 0 nitrogen and oxygen atoms in total. The van der Waals surface area contributed by atoms with E-state index >= 15 is 0 Å². The first-order chi connectivity index (χ1) is 5.70. The minimum absolute atomic E-state index is 0.199. The SMILES string of the molecule is Fc1c(Cl)cc2ccsc2c1I. The molecule has 0 saturated heterocycles.